The second-order valence-corrected chi connectivity index (χ2v) is 3.90. The molecule has 3 aromatic rings. The van der Waals surface area contributed by atoms with Gasteiger partial charge in [-0.05, 0) is 19.1 Å². The number of fused-ring (bicyclic) bond motifs is 3. The summed E-state index contributed by atoms with van der Waals surface area (Å²) in [6.45, 7) is 1.96. The largest absolute Gasteiger partial charge is 0.461 e. The number of rotatable bonds is 2. The van der Waals surface area contributed by atoms with E-state index in [0.29, 0.717) is 16.4 Å². The summed E-state index contributed by atoms with van der Waals surface area (Å²) in [6, 6.07) is 3.21. The van der Waals surface area contributed by atoms with E-state index in [9.17, 15) is 9.59 Å². The molecule has 3 rings (SSSR count). The van der Waals surface area contributed by atoms with Crippen molar-refractivity contribution in [3.05, 3.63) is 40.7 Å². The van der Waals surface area contributed by atoms with E-state index in [1.54, 1.807) is 25.4 Å². The zero-order valence-electron chi connectivity index (χ0n) is 10.1. The number of pyridine rings is 1. The molecular formula is C12H10N4O3. The first-order valence-corrected chi connectivity index (χ1v) is 5.73. The molecule has 19 heavy (non-hydrogen) atoms. The zero-order chi connectivity index (χ0) is 13.4. The van der Waals surface area contributed by atoms with E-state index in [-0.39, 0.29) is 12.3 Å². The van der Waals surface area contributed by atoms with E-state index in [1.165, 1.54) is 6.07 Å². The maximum atomic E-state index is 11.9. The van der Waals surface area contributed by atoms with Crippen LogP contribution in [-0.4, -0.2) is 32.2 Å². The number of hydrogen-bond acceptors (Lipinski definition) is 5. The Labute approximate surface area is 106 Å². The maximum absolute atomic E-state index is 11.9. The van der Waals surface area contributed by atoms with Crippen molar-refractivity contribution in [3.8, 4) is 0 Å². The van der Waals surface area contributed by atoms with Crippen LogP contribution in [0.1, 0.15) is 17.4 Å². The third-order valence-electron chi connectivity index (χ3n) is 2.72. The number of carbonyl (C=O) groups excluding carboxylic acids is 1. The number of H-pyrrole nitrogens is 1. The Bertz CT molecular complexity index is 834. The highest BCUT2D eigenvalue weighted by molar-refractivity contribution is 5.96. The van der Waals surface area contributed by atoms with Gasteiger partial charge in [-0.25, -0.2) is 9.59 Å². The average Bonchev–Trinajstić information content (AvgIpc) is 2.85. The van der Waals surface area contributed by atoms with Crippen LogP contribution in [0.25, 0.3) is 16.4 Å². The number of nitrogens with one attached hydrogen (secondary N) is 1. The molecule has 0 saturated heterocycles. The van der Waals surface area contributed by atoms with Gasteiger partial charge < -0.3 is 9.72 Å². The summed E-state index contributed by atoms with van der Waals surface area (Å²) in [5.41, 5.74) is 0.852. The number of esters is 1. The summed E-state index contributed by atoms with van der Waals surface area (Å²) in [4.78, 5) is 30.2. The topological polar surface area (TPSA) is 89.3 Å². The van der Waals surface area contributed by atoms with Crippen LogP contribution in [0, 0.1) is 0 Å². The van der Waals surface area contributed by atoms with E-state index in [2.05, 4.69) is 15.1 Å². The Morgan fingerprint density at radius 1 is 1.53 bits per heavy atom. The fourth-order valence-corrected chi connectivity index (χ4v) is 1.91. The molecule has 0 spiro atoms. The predicted molar refractivity (Wildman–Crippen MR) is 67.1 cm³/mol. The molecule has 0 fully saturated rings. The summed E-state index contributed by atoms with van der Waals surface area (Å²) in [5, 5.41) is 4.66. The van der Waals surface area contributed by atoms with Gasteiger partial charge in [0.15, 0.2) is 5.69 Å². The highest BCUT2D eigenvalue weighted by atomic mass is 16.5. The third-order valence-corrected chi connectivity index (χ3v) is 2.72. The van der Waals surface area contributed by atoms with Gasteiger partial charge in [0.2, 0.25) is 0 Å². The Hall–Kier alpha value is -2.70. The van der Waals surface area contributed by atoms with Gasteiger partial charge in [-0.15, -0.1) is 0 Å². The van der Waals surface area contributed by atoms with Gasteiger partial charge in [0, 0.05) is 17.8 Å². The normalized spacial score (nSPS) is 11.0. The number of ether oxygens (including phenoxy) is 1. The Morgan fingerprint density at radius 2 is 2.37 bits per heavy atom. The van der Waals surface area contributed by atoms with Crippen molar-refractivity contribution in [2.24, 2.45) is 0 Å². The van der Waals surface area contributed by atoms with E-state index in [1.807, 2.05) is 0 Å². The minimum atomic E-state index is -0.553. The van der Waals surface area contributed by atoms with Crippen molar-refractivity contribution in [1.82, 2.24) is 19.6 Å². The molecule has 0 amide bonds. The van der Waals surface area contributed by atoms with Crippen molar-refractivity contribution >= 4 is 22.4 Å². The number of aromatic amines is 1. The van der Waals surface area contributed by atoms with Gasteiger partial charge in [0.05, 0.1) is 17.6 Å². The van der Waals surface area contributed by atoms with Crippen molar-refractivity contribution < 1.29 is 9.53 Å². The summed E-state index contributed by atoms with van der Waals surface area (Å²) in [7, 11) is 0. The van der Waals surface area contributed by atoms with Gasteiger partial charge >= 0.3 is 11.7 Å². The number of aromatic nitrogens is 4. The van der Waals surface area contributed by atoms with E-state index >= 15 is 0 Å². The first-order chi connectivity index (χ1) is 9.20. The molecule has 0 aliphatic rings. The molecule has 7 nitrogen and oxygen atoms in total. The van der Waals surface area contributed by atoms with Crippen LogP contribution in [-0.2, 0) is 4.74 Å². The predicted octanol–water partition coefficient (Wildman–Crippen LogP) is 0.747. The molecule has 1 N–H and O–H groups in total. The van der Waals surface area contributed by atoms with Crippen LogP contribution >= 0.6 is 0 Å². The Morgan fingerprint density at radius 3 is 3.16 bits per heavy atom. The summed E-state index contributed by atoms with van der Waals surface area (Å²) < 4.78 is 6.00. The fraction of sp³-hybridized carbons (Fsp3) is 0.167. The Balaban J connectivity index is 2.32. The monoisotopic (exact) mass is 258 g/mol. The van der Waals surface area contributed by atoms with E-state index in [4.69, 9.17) is 4.74 Å². The molecule has 0 bridgehead atoms. The fourth-order valence-electron chi connectivity index (χ4n) is 1.91. The van der Waals surface area contributed by atoms with Gasteiger partial charge in [-0.1, -0.05) is 0 Å². The molecule has 0 atom stereocenters. The molecule has 0 unspecified atom stereocenters. The lowest BCUT2D eigenvalue weighted by Gasteiger charge is -1.98. The quantitative estimate of drug-likeness (QED) is 0.685. The van der Waals surface area contributed by atoms with Gasteiger partial charge in [-0.2, -0.15) is 9.61 Å². The molecule has 96 valence electrons. The standard InChI is InChI=1S/C12H10N4O3/c1-2-19-11(17)9-5-10-7-6-13-4-3-8(7)14-12(18)16(10)15-9/h3-6H,2H2,1H3,(H,14,18). The van der Waals surface area contributed by atoms with Crippen molar-refractivity contribution in [1.29, 1.82) is 0 Å². The summed E-state index contributed by atoms with van der Waals surface area (Å²) >= 11 is 0. The second-order valence-electron chi connectivity index (χ2n) is 3.90. The first kappa shape index (κ1) is 11.4. The molecule has 0 radical (unpaired) electrons. The number of carbonyl (C=O) groups is 1. The number of nitrogens with zero attached hydrogens (tertiary/aromatic N) is 3. The molecule has 3 heterocycles. The molecule has 7 heteroatoms. The smallest absolute Gasteiger partial charge is 0.358 e. The molecule has 0 aliphatic heterocycles. The first-order valence-electron chi connectivity index (χ1n) is 5.73. The molecule has 3 aromatic heterocycles. The van der Waals surface area contributed by atoms with Crippen LogP contribution in [0.3, 0.4) is 0 Å². The van der Waals surface area contributed by atoms with E-state index < -0.39 is 11.7 Å². The average molecular weight is 258 g/mol. The number of hydrogen-bond donors (Lipinski definition) is 1. The lowest BCUT2D eigenvalue weighted by atomic mass is 10.2. The van der Waals surface area contributed by atoms with Crippen molar-refractivity contribution in [2.75, 3.05) is 6.61 Å². The maximum Gasteiger partial charge on any atom is 0.358 e. The molecule has 0 saturated carbocycles. The van der Waals surface area contributed by atoms with Crippen molar-refractivity contribution in [2.45, 2.75) is 6.92 Å². The van der Waals surface area contributed by atoms with Gasteiger partial charge in [0.25, 0.3) is 0 Å². The zero-order valence-corrected chi connectivity index (χ0v) is 10.1. The minimum absolute atomic E-state index is 0.101. The Kier molecular flexibility index (Phi) is 2.52. The van der Waals surface area contributed by atoms with Gasteiger partial charge in [-0.3, -0.25) is 4.98 Å². The van der Waals surface area contributed by atoms with Gasteiger partial charge in [0.1, 0.15) is 0 Å². The summed E-state index contributed by atoms with van der Waals surface area (Å²) in [6.07, 6.45) is 3.19. The molecule has 0 aromatic carbocycles. The lowest BCUT2D eigenvalue weighted by Crippen LogP contribution is -2.18. The van der Waals surface area contributed by atoms with Crippen molar-refractivity contribution in [3.63, 3.8) is 0 Å². The SMILES string of the molecule is CCOC(=O)c1cc2c3cnccc3[nH]c(=O)n2n1. The van der Waals surface area contributed by atoms with Crippen LogP contribution in [0.15, 0.2) is 29.3 Å². The highest BCUT2D eigenvalue weighted by Gasteiger charge is 2.15. The van der Waals surface area contributed by atoms with Crippen LogP contribution < -0.4 is 5.69 Å². The molecular weight excluding hydrogens is 248 g/mol. The second kappa shape index (κ2) is 4.20. The highest BCUT2D eigenvalue weighted by Crippen LogP contribution is 2.16. The lowest BCUT2D eigenvalue weighted by molar-refractivity contribution is 0.0519. The van der Waals surface area contributed by atoms with Crippen LogP contribution in [0.2, 0.25) is 0 Å². The van der Waals surface area contributed by atoms with Crippen LogP contribution in [0.4, 0.5) is 0 Å². The minimum Gasteiger partial charge on any atom is -0.461 e. The van der Waals surface area contributed by atoms with E-state index in [0.717, 1.165) is 4.52 Å². The third kappa shape index (κ3) is 1.75. The molecule has 0 aliphatic carbocycles. The van der Waals surface area contributed by atoms with Crippen LogP contribution in [0.5, 0.6) is 0 Å². The summed E-state index contributed by atoms with van der Waals surface area (Å²) in [5.74, 6) is -0.553.